The van der Waals surface area contributed by atoms with Gasteiger partial charge >= 0.3 is 0 Å². The smallest absolute Gasteiger partial charge is 0.251 e. The van der Waals surface area contributed by atoms with Crippen molar-refractivity contribution in [2.45, 2.75) is 59.4 Å². The molecule has 21 heavy (non-hydrogen) atoms. The fourth-order valence-electron chi connectivity index (χ4n) is 3.13. The maximum absolute atomic E-state index is 12.0. The summed E-state index contributed by atoms with van der Waals surface area (Å²) in [5.74, 6) is 0.00320. The molecule has 1 aliphatic carbocycles. The first-order valence-electron chi connectivity index (χ1n) is 8.09. The number of amides is 1. The first-order valence-corrected chi connectivity index (χ1v) is 8.09. The number of anilines is 1. The number of hydrogen-bond acceptors (Lipinski definition) is 2. The molecule has 1 amide bonds. The van der Waals surface area contributed by atoms with Crippen molar-refractivity contribution in [1.82, 2.24) is 5.32 Å². The van der Waals surface area contributed by atoms with Crippen LogP contribution in [0.4, 0.5) is 5.69 Å². The molecule has 0 aromatic heterocycles. The number of carbonyl (C=O) groups is 1. The van der Waals surface area contributed by atoms with Crippen LogP contribution in [0, 0.1) is 12.3 Å². The Balaban J connectivity index is 2.19. The highest BCUT2D eigenvalue weighted by Crippen LogP contribution is 2.37. The number of benzene rings is 1. The predicted molar refractivity (Wildman–Crippen MR) is 88.8 cm³/mol. The molecule has 3 heteroatoms. The molecule has 1 aromatic carbocycles. The Kier molecular flexibility index (Phi) is 4.92. The third-order valence-electron chi connectivity index (χ3n) is 4.67. The largest absolute Gasteiger partial charge is 0.382 e. The van der Waals surface area contributed by atoms with Crippen molar-refractivity contribution in [3.63, 3.8) is 0 Å². The summed E-state index contributed by atoms with van der Waals surface area (Å²) in [6.07, 6.45) is 5.08. The molecular weight excluding hydrogens is 260 g/mol. The highest BCUT2D eigenvalue weighted by atomic mass is 16.1. The van der Waals surface area contributed by atoms with Gasteiger partial charge in [0.2, 0.25) is 0 Å². The molecule has 1 atom stereocenters. The fraction of sp³-hybridized carbons (Fsp3) is 0.611. The zero-order chi connectivity index (χ0) is 15.5. The highest BCUT2D eigenvalue weighted by molar-refractivity contribution is 5.95. The van der Waals surface area contributed by atoms with Crippen molar-refractivity contribution < 1.29 is 4.79 Å². The average Bonchev–Trinajstić information content (AvgIpc) is 2.43. The molecule has 3 nitrogen and oxygen atoms in total. The van der Waals surface area contributed by atoms with Crippen molar-refractivity contribution >= 4 is 11.6 Å². The van der Waals surface area contributed by atoms with Crippen LogP contribution in [0.5, 0.6) is 0 Å². The number of rotatable bonds is 4. The minimum atomic E-state index is 0.00320. The SMILES string of the molecule is CCNC(=O)c1ccc(C)c(NC2CCCCC2(C)C)c1. The first kappa shape index (κ1) is 15.9. The second-order valence-corrected chi connectivity index (χ2v) is 6.82. The Morgan fingerprint density at radius 1 is 1.33 bits per heavy atom. The molecule has 2 N–H and O–H groups in total. The van der Waals surface area contributed by atoms with E-state index < -0.39 is 0 Å². The quantitative estimate of drug-likeness (QED) is 0.875. The van der Waals surface area contributed by atoms with Gasteiger partial charge in [-0.25, -0.2) is 0 Å². The van der Waals surface area contributed by atoms with E-state index in [0.29, 0.717) is 18.0 Å². The minimum Gasteiger partial charge on any atom is -0.382 e. The molecule has 1 aromatic rings. The van der Waals surface area contributed by atoms with Crippen molar-refractivity contribution in [3.05, 3.63) is 29.3 Å². The normalized spacial score (nSPS) is 20.9. The minimum absolute atomic E-state index is 0.00320. The number of nitrogens with one attached hydrogen (secondary N) is 2. The van der Waals surface area contributed by atoms with Crippen LogP contribution in [0.3, 0.4) is 0 Å². The summed E-state index contributed by atoms with van der Waals surface area (Å²) in [5.41, 5.74) is 3.34. The van der Waals surface area contributed by atoms with Crippen molar-refractivity contribution in [2.75, 3.05) is 11.9 Å². The first-order chi connectivity index (χ1) is 9.94. The van der Waals surface area contributed by atoms with Crippen LogP contribution in [0.15, 0.2) is 18.2 Å². The number of carbonyl (C=O) groups excluding carboxylic acids is 1. The predicted octanol–water partition coefficient (Wildman–Crippen LogP) is 4.13. The van der Waals surface area contributed by atoms with Gasteiger partial charge in [0.25, 0.3) is 5.91 Å². The van der Waals surface area contributed by atoms with Gasteiger partial charge in [0.1, 0.15) is 0 Å². The van der Waals surface area contributed by atoms with E-state index in [1.165, 1.54) is 31.2 Å². The summed E-state index contributed by atoms with van der Waals surface area (Å²) in [6.45, 7) is 9.38. The topological polar surface area (TPSA) is 41.1 Å². The summed E-state index contributed by atoms with van der Waals surface area (Å²) in [6, 6.07) is 6.40. The second-order valence-electron chi connectivity index (χ2n) is 6.82. The van der Waals surface area contributed by atoms with Crippen LogP contribution in [0.25, 0.3) is 0 Å². The van der Waals surface area contributed by atoms with Gasteiger partial charge in [0, 0.05) is 23.8 Å². The van der Waals surface area contributed by atoms with Crippen LogP contribution < -0.4 is 10.6 Å². The van der Waals surface area contributed by atoms with Gasteiger partial charge in [-0.2, -0.15) is 0 Å². The Morgan fingerprint density at radius 2 is 2.10 bits per heavy atom. The van der Waals surface area contributed by atoms with Crippen molar-refractivity contribution in [3.8, 4) is 0 Å². The third kappa shape index (κ3) is 3.78. The summed E-state index contributed by atoms with van der Waals surface area (Å²) in [4.78, 5) is 12.0. The van der Waals surface area contributed by atoms with E-state index in [4.69, 9.17) is 0 Å². The highest BCUT2D eigenvalue weighted by Gasteiger charge is 2.32. The van der Waals surface area contributed by atoms with Gasteiger partial charge in [0.05, 0.1) is 0 Å². The molecular formula is C18H28N2O. The molecule has 0 radical (unpaired) electrons. The second kappa shape index (κ2) is 6.50. The zero-order valence-electron chi connectivity index (χ0n) is 13.8. The zero-order valence-corrected chi connectivity index (χ0v) is 13.8. The molecule has 1 fully saturated rings. The van der Waals surface area contributed by atoms with Gasteiger partial charge in [-0.1, -0.05) is 32.8 Å². The molecule has 0 spiro atoms. The van der Waals surface area contributed by atoms with E-state index >= 15 is 0 Å². The molecule has 1 saturated carbocycles. The van der Waals surface area contributed by atoms with Gasteiger partial charge in [-0.3, -0.25) is 4.79 Å². The Morgan fingerprint density at radius 3 is 2.76 bits per heavy atom. The Labute approximate surface area is 128 Å². The summed E-state index contributed by atoms with van der Waals surface area (Å²) in [5, 5.41) is 6.56. The van der Waals surface area contributed by atoms with Gasteiger partial charge in [0.15, 0.2) is 0 Å². The van der Waals surface area contributed by atoms with Gasteiger partial charge < -0.3 is 10.6 Å². The maximum atomic E-state index is 12.0. The lowest BCUT2D eigenvalue weighted by Crippen LogP contribution is -2.39. The van der Waals surface area contributed by atoms with E-state index in [0.717, 1.165) is 11.3 Å². The van der Waals surface area contributed by atoms with E-state index in [9.17, 15) is 4.79 Å². The van der Waals surface area contributed by atoms with Gasteiger partial charge in [-0.05, 0) is 49.8 Å². The fourth-order valence-corrected chi connectivity index (χ4v) is 3.13. The van der Waals surface area contributed by atoms with E-state index in [1.54, 1.807) is 0 Å². The third-order valence-corrected chi connectivity index (χ3v) is 4.67. The lowest BCUT2D eigenvalue weighted by Gasteiger charge is -2.40. The molecule has 116 valence electrons. The molecule has 2 rings (SSSR count). The number of hydrogen-bond donors (Lipinski definition) is 2. The van der Waals surface area contributed by atoms with Crippen molar-refractivity contribution in [2.24, 2.45) is 5.41 Å². The van der Waals surface area contributed by atoms with Crippen LogP contribution in [0.2, 0.25) is 0 Å². The number of aryl methyl sites for hydroxylation is 1. The van der Waals surface area contributed by atoms with E-state index in [-0.39, 0.29) is 5.91 Å². The standard InChI is InChI=1S/C18H28N2O/c1-5-19-17(21)14-10-9-13(2)15(12-14)20-16-8-6-7-11-18(16,3)4/h9-10,12,16,20H,5-8,11H2,1-4H3,(H,19,21). The van der Waals surface area contributed by atoms with Crippen LogP contribution in [0.1, 0.15) is 62.4 Å². The Hall–Kier alpha value is -1.51. The lowest BCUT2D eigenvalue weighted by atomic mass is 9.73. The Bertz CT molecular complexity index is 508. The summed E-state index contributed by atoms with van der Waals surface area (Å²) < 4.78 is 0. The summed E-state index contributed by atoms with van der Waals surface area (Å²) in [7, 11) is 0. The van der Waals surface area contributed by atoms with Crippen molar-refractivity contribution in [1.29, 1.82) is 0 Å². The molecule has 0 aliphatic heterocycles. The lowest BCUT2D eigenvalue weighted by molar-refractivity contribution is 0.0956. The molecule has 1 unspecified atom stereocenters. The molecule has 0 saturated heterocycles. The van der Waals surface area contributed by atoms with E-state index in [2.05, 4.69) is 31.4 Å². The molecule has 0 bridgehead atoms. The van der Waals surface area contributed by atoms with Crippen LogP contribution >= 0.6 is 0 Å². The van der Waals surface area contributed by atoms with Gasteiger partial charge in [-0.15, -0.1) is 0 Å². The monoisotopic (exact) mass is 288 g/mol. The average molecular weight is 288 g/mol. The maximum Gasteiger partial charge on any atom is 0.251 e. The van der Waals surface area contributed by atoms with Crippen LogP contribution in [-0.2, 0) is 0 Å². The summed E-state index contributed by atoms with van der Waals surface area (Å²) >= 11 is 0. The molecule has 1 aliphatic rings. The van der Waals surface area contributed by atoms with Crippen LogP contribution in [-0.4, -0.2) is 18.5 Å². The molecule has 0 heterocycles. The van der Waals surface area contributed by atoms with E-state index in [1.807, 2.05) is 25.1 Å².